The Morgan fingerprint density at radius 2 is 2.33 bits per heavy atom. The van der Waals surface area contributed by atoms with Crippen LogP contribution >= 0.6 is 0 Å². The maximum absolute atomic E-state index is 12.0. The van der Waals surface area contributed by atoms with Crippen LogP contribution in [-0.2, 0) is 6.42 Å². The molecule has 9 heteroatoms. The Labute approximate surface area is 119 Å². The van der Waals surface area contributed by atoms with Crippen LogP contribution < -0.4 is 5.32 Å². The van der Waals surface area contributed by atoms with Crippen LogP contribution in [0.25, 0.3) is 5.69 Å². The molecule has 1 aromatic carbocycles. The number of anilines is 1. The lowest BCUT2D eigenvalue weighted by Crippen LogP contribution is -2.14. The molecule has 9 nitrogen and oxygen atoms in total. The number of rotatable bonds is 4. The van der Waals surface area contributed by atoms with Crippen molar-refractivity contribution < 1.29 is 4.79 Å². The van der Waals surface area contributed by atoms with Crippen LogP contribution in [0.4, 0.5) is 5.69 Å². The first-order chi connectivity index (χ1) is 10.3. The highest BCUT2D eigenvalue weighted by Gasteiger charge is 2.12. The summed E-state index contributed by atoms with van der Waals surface area (Å²) in [4.78, 5) is 16.1. The highest BCUT2D eigenvalue weighted by molar-refractivity contribution is 6.01. The molecule has 0 saturated heterocycles. The normalized spacial score (nSPS) is 10.5. The lowest BCUT2D eigenvalue weighted by Gasteiger charge is -2.05. The first-order valence-electron chi connectivity index (χ1n) is 6.32. The fourth-order valence-corrected chi connectivity index (χ4v) is 1.75. The van der Waals surface area contributed by atoms with Crippen LogP contribution in [0.2, 0.25) is 0 Å². The number of H-pyrrole nitrogens is 1. The van der Waals surface area contributed by atoms with Gasteiger partial charge in [0, 0.05) is 12.1 Å². The van der Waals surface area contributed by atoms with E-state index < -0.39 is 0 Å². The van der Waals surface area contributed by atoms with E-state index in [-0.39, 0.29) is 11.7 Å². The van der Waals surface area contributed by atoms with Crippen LogP contribution in [0, 0.1) is 0 Å². The molecule has 0 saturated carbocycles. The zero-order chi connectivity index (χ0) is 14.7. The summed E-state index contributed by atoms with van der Waals surface area (Å²) < 4.78 is 1.50. The first kappa shape index (κ1) is 12.9. The second-order valence-corrected chi connectivity index (χ2v) is 4.22. The maximum atomic E-state index is 12.0. The number of aromatic nitrogens is 7. The zero-order valence-corrected chi connectivity index (χ0v) is 11.2. The Morgan fingerprint density at radius 3 is 3.05 bits per heavy atom. The summed E-state index contributed by atoms with van der Waals surface area (Å²) in [6.45, 7) is 1.93. The highest BCUT2D eigenvalue weighted by atomic mass is 16.2. The fourth-order valence-electron chi connectivity index (χ4n) is 1.75. The monoisotopic (exact) mass is 284 g/mol. The summed E-state index contributed by atoms with van der Waals surface area (Å²) in [5, 5.41) is 20.2. The van der Waals surface area contributed by atoms with E-state index in [4.69, 9.17) is 0 Å². The van der Waals surface area contributed by atoms with E-state index in [0.29, 0.717) is 17.9 Å². The molecule has 3 aromatic rings. The predicted molar refractivity (Wildman–Crippen MR) is 72.9 cm³/mol. The quantitative estimate of drug-likeness (QED) is 0.725. The second-order valence-electron chi connectivity index (χ2n) is 4.22. The van der Waals surface area contributed by atoms with Crippen molar-refractivity contribution in [2.24, 2.45) is 0 Å². The maximum Gasteiger partial charge on any atom is 0.295 e. The number of aromatic amines is 1. The third-order valence-electron chi connectivity index (χ3n) is 2.79. The molecule has 3 rings (SSSR count). The van der Waals surface area contributed by atoms with E-state index in [9.17, 15) is 4.79 Å². The largest absolute Gasteiger partial charge is 0.319 e. The molecule has 0 fully saturated rings. The third-order valence-corrected chi connectivity index (χ3v) is 2.79. The Kier molecular flexibility index (Phi) is 3.37. The number of hydrogen-bond acceptors (Lipinski definition) is 6. The van der Waals surface area contributed by atoms with Gasteiger partial charge in [-0.3, -0.25) is 9.89 Å². The molecule has 21 heavy (non-hydrogen) atoms. The summed E-state index contributed by atoms with van der Waals surface area (Å²) in [6, 6.07) is 7.14. The number of benzene rings is 1. The van der Waals surface area contributed by atoms with Gasteiger partial charge in [-0.05, 0) is 28.6 Å². The van der Waals surface area contributed by atoms with Crippen LogP contribution in [0.5, 0.6) is 0 Å². The van der Waals surface area contributed by atoms with Crippen LogP contribution in [-0.4, -0.2) is 41.3 Å². The van der Waals surface area contributed by atoms with E-state index >= 15 is 0 Å². The van der Waals surface area contributed by atoms with Crippen molar-refractivity contribution in [2.75, 3.05) is 5.32 Å². The lowest BCUT2D eigenvalue weighted by atomic mass is 10.2. The van der Waals surface area contributed by atoms with Gasteiger partial charge in [-0.25, -0.2) is 9.67 Å². The number of tetrazole rings is 1. The summed E-state index contributed by atoms with van der Waals surface area (Å²) in [7, 11) is 0. The standard InChI is InChI=1S/C12H12N8O/c1-2-10-15-11(17-16-10)12(21)14-8-4-3-5-9(6-8)20-7-13-18-19-20/h3-7H,2H2,1H3,(H,14,21)(H,15,16,17). The van der Waals surface area contributed by atoms with Crippen molar-refractivity contribution in [2.45, 2.75) is 13.3 Å². The summed E-state index contributed by atoms with van der Waals surface area (Å²) in [5.74, 6) is 0.405. The first-order valence-corrected chi connectivity index (χ1v) is 6.32. The van der Waals surface area contributed by atoms with Gasteiger partial charge in [0.05, 0.1) is 5.69 Å². The third kappa shape index (κ3) is 2.76. The van der Waals surface area contributed by atoms with Crippen molar-refractivity contribution >= 4 is 11.6 Å². The number of aryl methyl sites for hydroxylation is 1. The van der Waals surface area contributed by atoms with Gasteiger partial charge in [0.15, 0.2) is 0 Å². The van der Waals surface area contributed by atoms with E-state index in [1.807, 2.05) is 13.0 Å². The Hall–Kier alpha value is -3.10. The van der Waals surface area contributed by atoms with Gasteiger partial charge >= 0.3 is 0 Å². The van der Waals surface area contributed by atoms with Gasteiger partial charge in [-0.15, -0.1) is 10.2 Å². The minimum atomic E-state index is -0.375. The van der Waals surface area contributed by atoms with Gasteiger partial charge in [0.2, 0.25) is 5.82 Å². The molecule has 0 radical (unpaired) electrons. The van der Waals surface area contributed by atoms with Gasteiger partial charge in [-0.1, -0.05) is 13.0 Å². The number of hydrogen-bond donors (Lipinski definition) is 2. The number of carbonyl (C=O) groups excluding carboxylic acids is 1. The molecule has 0 unspecified atom stereocenters. The van der Waals surface area contributed by atoms with Crippen molar-refractivity contribution in [3.8, 4) is 5.69 Å². The minimum absolute atomic E-state index is 0.111. The molecular weight excluding hydrogens is 272 g/mol. The lowest BCUT2D eigenvalue weighted by molar-refractivity contribution is 0.101. The molecule has 1 amide bonds. The van der Waals surface area contributed by atoms with Gasteiger partial charge in [-0.2, -0.15) is 0 Å². The Bertz CT molecular complexity index is 748. The molecule has 106 valence electrons. The highest BCUT2D eigenvalue weighted by Crippen LogP contribution is 2.13. The smallest absolute Gasteiger partial charge is 0.295 e. The van der Waals surface area contributed by atoms with Gasteiger partial charge in [0.1, 0.15) is 12.2 Å². The Morgan fingerprint density at radius 1 is 1.43 bits per heavy atom. The van der Waals surface area contributed by atoms with Crippen LogP contribution in [0.15, 0.2) is 30.6 Å². The average Bonchev–Trinajstić information content (AvgIpc) is 3.19. The molecule has 0 bridgehead atoms. The molecule has 2 N–H and O–H groups in total. The molecule has 0 atom stereocenters. The molecule has 0 aliphatic rings. The molecule has 2 aromatic heterocycles. The number of amides is 1. The van der Waals surface area contributed by atoms with Crippen molar-refractivity contribution in [1.29, 1.82) is 0 Å². The van der Waals surface area contributed by atoms with Crippen LogP contribution in [0.1, 0.15) is 23.4 Å². The summed E-state index contributed by atoms with van der Waals surface area (Å²) in [6.07, 6.45) is 2.17. The minimum Gasteiger partial charge on any atom is -0.319 e. The summed E-state index contributed by atoms with van der Waals surface area (Å²) in [5.41, 5.74) is 1.35. The molecule has 0 aliphatic carbocycles. The van der Waals surface area contributed by atoms with E-state index in [1.54, 1.807) is 18.2 Å². The molecule has 2 heterocycles. The second kappa shape index (κ2) is 5.49. The fraction of sp³-hybridized carbons (Fsp3) is 0.167. The zero-order valence-electron chi connectivity index (χ0n) is 11.2. The molecule has 0 spiro atoms. The topological polar surface area (TPSA) is 114 Å². The summed E-state index contributed by atoms with van der Waals surface area (Å²) >= 11 is 0. The van der Waals surface area contributed by atoms with Crippen LogP contribution in [0.3, 0.4) is 0 Å². The molecular formula is C12H12N8O. The number of carbonyl (C=O) groups is 1. The number of nitrogens with one attached hydrogen (secondary N) is 2. The van der Waals surface area contributed by atoms with Crippen molar-refractivity contribution in [1.82, 2.24) is 35.4 Å². The number of nitrogens with zero attached hydrogens (tertiary/aromatic N) is 6. The average molecular weight is 284 g/mol. The Balaban J connectivity index is 1.78. The van der Waals surface area contributed by atoms with E-state index in [1.165, 1.54) is 11.0 Å². The van der Waals surface area contributed by atoms with Gasteiger partial charge in [0.25, 0.3) is 5.91 Å². The van der Waals surface area contributed by atoms with E-state index in [0.717, 1.165) is 5.69 Å². The van der Waals surface area contributed by atoms with Crippen molar-refractivity contribution in [3.63, 3.8) is 0 Å². The predicted octanol–water partition coefficient (Wildman–Crippen LogP) is 0.595. The van der Waals surface area contributed by atoms with Gasteiger partial charge < -0.3 is 5.32 Å². The SMILES string of the molecule is CCc1nc(C(=O)Nc2cccc(-n3cnnn3)c2)n[nH]1. The van der Waals surface area contributed by atoms with Crippen molar-refractivity contribution in [3.05, 3.63) is 42.2 Å². The molecule has 0 aliphatic heterocycles. The van der Waals surface area contributed by atoms with E-state index in [2.05, 4.69) is 36.0 Å².